The molecule has 5 unspecified atom stereocenters. The highest BCUT2D eigenvalue weighted by atomic mass is 16.5. The third-order valence-electron chi connectivity index (χ3n) is 8.03. The van der Waals surface area contributed by atoms with Gasteiger partial charge in [-0.15, -0.1) is 0 Å². The van der Waals surface area contributed by atoms with Crippen LogP contribution in [0.1, 0.15) is 76.8 Å². The first-order chi connectivity index (χ1) is 17.0. The molecular formula is C28H40N2O5. The fourth-order valence-corrected chi connectivity index (χ4v) is 6.24. The van der Waals surface area contributed by atoms with E-state index in [1.807, 2.05) is 37.3 Å². The van der Waals surface area contributed by atoms with E-state index in [9.17, 15) is 14.4 Å². The molecular weight excluding hydrogens is 444 g/mol. The molecule has 1 saturated carbocycles. The summed E-state index contributed by atoms with van der Waals surface area (Å²) >= 11 is 0. The summed E-state index contributed by atoms with van der Waals surface area (Å²) in [7, 11) is 0. The van der Waals surface area contributed by atoms with Crippen molar-refractivity contribution in [3.05, 3.63) is 35.9 Å². The lowest BCUT2D eigenvalue weighted by Crippen LogP contribution is -2.50. The van der Waals surface area contributed by atoms with E-state index in [0.29, 0.717) is 25.5 Å². The summed E-state index contributed by atoms with van der Waals surface area (Å²) in [6.45, 7) is 5.08. The molecule has 1 aromatic rings. The molecule has 4 rings (SSSR count). The van der Waals surface area contributed by atoms with Gasteiger partial charge in [-0.25, -0.2) is 0 Å². The zero-order valence-electron chi connectivity index (χ0n) is 21.1. The van der Waals surface area contributed by atoms with Crippen LogP contribution in [-0.4, -0.2) is 54.6 Å². The number of nitrogens with one attached hydrogen (secondary N) is 1. The maximum atomic E-state index is 13.8. The number of carbonyl (C=O) groups is 3. The summed E-state index contributed by atoms with van der Waals surface area (Å²) in [5, 5.41) is 3.03. The quantitative estimate of drug-likeness (QED) is 0.535. The van der Waals surface area contributed by atoms with E-state index in [4.69, 9.17) is 9.47 Å². The van der Waals surface area contributed by atoms with Gasteiger partial charge >= 0.3 is 5.97 Å². The highest BCUT2D eigenvalue weighted by Gasteiger charge is 2.55. The Labute approximate surface area is 208 Å². The van der Waals surface area contributed by atoms with Crippen LogP contribution < -0.4 is 5.32 Å². The third-order valence-corrected chi connectivity index (χ3v) is 8.03. The van der Waals surface area contributed by atoms with Crippen LogP contribution in [0.3, 0.4) is 0 Å². The minimum absolute atomic E-state index is 0.00736. The molecule has 2 amide bonds. The van der Waals surface area contributed by atoms with Gasteiger partial charge in [-0.3, -0.25) is 14.4 Å². The third kappa shape index (κ3) is 5.88. The summed E-state index contributed by atoms with van der Waals surface area (Å²) < 4.78 is 11.1. The van der Waals surface area contributed by atoms with Crippen molar-refractivity contribution in [1.29, 1.82) is 0 Å². The van der Waals surface area contributed by atoms with E-state index in [1.165, 1.54) is 25.7 Å². The summed E-state index contributed by atoms with van der Waals surface area (Å²) in [5.74, 6) is -1.03. The molecule has 2 heterocycles. The van der Waals surface area contributed by atoms with E-state index >= 15 is 0 Å². The largest absolute Gasteiger partial charge is 0.466 e. The maximum Gasteiger partial charge on any atom is 0.311 e. The van der Waals surface area contributed by atoms with Crippen molar-refractivity contribution < 1.29 is 23.9 Å². The normalized spacial score (nSPS) is 28.9. The lowest BCUT2D eigenvalue weighted by molar-refractivity contribution is -0.150. The molecule has 0 radical (unpaired) electrons. The van der Waals surface area contributed by atoms with Crippen LogP contribution in [0.25, 0.3) is 0 Å². The van der Waals surface area contributed by atoms with Crippen molar-refractivity contribution in [2.45, 2.75) is 83.4 Å². The molecule has 2 saturated heterocycles. The number of hydrogen-bond acceptors (Lipinski definition) is 5. The highest BCUT2D eigenvalue weighted by Crippen LogP contribution is 2.46. The second-order valence-corrected chi connectivity index (χ2v) is 10.3. The lowest BCUT2D eigenvalue weighted by Gasteiger charge is -2.32. The Morgan fingerprint density at radius 3 is 2.49 bits per heavy atom. The van der Waals surface area contributed by atoms with Crippen molar-refractivity contribution in [2.24, 2.45) is 17.8 Å². The zero-order valence-corrected chi connectivity index (χ0v) is 21.1. The van der Waals surface area contributed by atoms with Gasteiger partial charge in [0.2, 0.25) is 11.8 Å². The van der Waals surface area contributed by atoms with E-state index in [1.54, 1.807) is 11.8 Å². The Morgan fingerprint density at radius 2 is 1.83 bits per heavy atom. The van der Waals surface area contributed by atoms with E-state index in [2.05, 4.69) is 5.32 Å². The van der Waals surface area contributed by atoms with Crippen LogP contribution >= 0.6 is 0 Å². The van der Waals surface area contributed by atoms with Crippen molar-refractivity contribution in [3.8, 4) is 0 Å². The molecule has 1 aromatic carbocycles. The summed E-state index contributed by atoms with van der Waals surface area (Å²) in [4.78, 5) is 42.3. The van der Waals surface area contributed by atoms with Crippen LogP contribution in [0.4, 0.5) is 0 Å². The smallest absolute Gasteiger partial charge is 0.311 e. The van der Waals surface area contributed by atoms with Gasteiger partial charge in [0, 0.05) is 25.5 Å². The van der Waals surface area contributed by atoms with Gasteiger partial charge in [0.25, 0.3) is 0 Å². The molecule has 5 atom stereocenters. The number of esters is 1. The van der Waals surface area contributed by atoms with Crippen LogP contribution in [0.2, 0.25) is 0 Å². The number of carbonyl (C=O) groups excluding carboxylic acids is 3. The van der Waals surface area contributed by atoms with Crippen molar-refractivity contribution in [2.75, 3.05) is 19.8 Å². The topological polar surface area (TPSA) is 84.9 Å². The van der Waals surface area contributed by atoms with Gasteiger partial charge in [-0.05, 0) is 37.7 Å². The molecule has 7 nitrogen and oxygen atoms in total. The van der Waals surface area contributed by atoms with E-state index in [0.717, 1.165) is 24.8 Å². The average Bonchev–Trinajstić information content (AvgIpc) is 3.62. The highest BCUT2D eigenvalue weighted by molar-refractivity contribution is 5.91. The molecule has 7 heteroatoms. The molecule has 0 aromatic heterocycles. The van der Waals surface area contributed by atoms with Crippen molar-refractivity contribution in [1.82, 2.24) is 10.2 Å². The van der Waals surface area contributed by atoms with E-state index < -0.39 is 18.0 Å². The predicted molar refractivity (Wildman–Crippen MR) is 132 cm³/mol. The minimum atomic E-state index is -0.730. The van der Waals surface area contributed by atoms with Crippen LogP contribution in [-0.2, 0) is 23.9 Å². The molecule has 2 aliphatic heterocycles. The molecule has 3 fully saturated rings. The van der Waals surface area contributed by atoms with Gasteiger partial charge in [-0.2, -0.15) is 0 Å². The summed E-state index contributed by atoms with van der Waals surface area (Å²) in [6, 6.07) is 8.36. The average molecular weight is 485 g/mol. The van der Waals surface area contributed by atoms with Gasteiger partial charge in [-0.1, -0.05) is 62.9 Å². The van der Waals surface area contributed by atoms with Gasteiger partial charge in [0.05, 0.1) is 24.7 Å². The SMILES string of the molecule is CCOC(=O)C1C(C)C(C(=O)NCC2CCCO2)N(C(=O)CCC2CCCC2)C1c1ccccc1. The fourth-order valence-electron chi connectivity index (χ4n) is 6.24. The van der Waals surface area contributed by atoms with Crippen LogP contribution in [0.5, 0.6) is 0 Å². The Kier molecular flexibility index (Phi) is 8.82. The molecule has 35 heavy (non-hydrogen) atoms. The first-order valence-electron chi connectivity index (χ1n) is 13.4. The molecule has 1 N–H and O–H groups in total. The molecule has 0 bridgehead atoms. The minimum Gasteiger partial charge on any atom is -0.466 e. The number of benzene rings is 1. The molecule has 1 aliphatic carbocycles. The molecule has 0 spiro atoms. The first-order valence-corrected chi connectivity index (χ1v) is 13.4. The number of ether oxygens (including phenoxy) is 2. The predicted octanol–water partition coefficient (Wildman–Crippen LogP) is 4.02. The monoisotopic (exact) mass is 484 g/mol. The standard InChI is InChI=1S/C28H40N2O5/c1-3-34-28(33)24-19(2)25(27(32)29-18-22-14-9-17-35-22)30(26(24)21-12-5-4-6-13-21)23(31)16-15-20-10-7-8-11-20/h4-6,12-13,19-20,22,24-26H,3,7-11,14-18H2,1-2H3,(H,29,32). The Bertz CT molecular complexity index is 863. The summed E-state index contributed by atoms with van der Waals surface area (Å²) in [5.41, 5.74) is 0.862. The van der Waals surface area contributed by atoms with Crippen LogP contribution in [0.15, 0.2) is 30.3 Å². The Morgan fingerprint density at radius 1 is 1.09 bits per heavy atom. The fraction of sp³-hybridized carbons (Fsp3) is 0.679. The second-order valence-electron chi connectivity index (χ2n) is 10.3. The number of amides is 2. The number of likely N-dealkylation sites (tertiary alicyclic amines) is 1. The molecule has 3 aliphatic rings. The van der Waals surface area contributed by atoms with Crippen LogP contribution in [0, 0.1) is 17.8 Å². The number of hydrogen-bond donors (Lipinski definition) is 1. The van der Waals surface area contributed by atoms with E-state index in [-0.39, 0.29) is 36.4 Å². The van der Waals surface area contributed by atoms with Crippen molar-refractivity contribution >= 4 is 17.8 Å². The van der Waals surface area contributed by atoms with Crippen molar-refractivity contribution in [3.63, 3.8) is 0 Å². The van der Waals surface area contributed by atoms with Gasteiger partial charge in [0.1, 0.15) is 6.04 Å². The molecule has 192 valence electrons. The maximum absolute atomic E-state index is 13.8. The number of rotatable bonds is 9. The summed E-state index contributed by atoms with van der Waals surface area (Å²) in [6.07, 6.45) is 7.94. The second kappa shape index (κ2) is 12.0. The van der Waals surface area contributed by atoms with Gasteiger partial charge in [0.15, 0.2) is 0 Å². The first kappa shape index (κ1) is 25.7. The Hall–Kier alpha value is -2.41. The van der Waals surface area contributed by atoms with Gasteiger partial charge < -0.3 is 19.7 Å². The zero-order chi connectivity index (χ0) is 24.8. The number of nitrogens with zero attached hydrogens (tertiary/aromatic N) is 1. The lowest BCUT2D eigenvalue weighted by atomic mass is 9.85. The Balaban J connectivity index is 1.62.